The van der Waals surface area contributed by atoms with Gasteiger partial charge in [0.05, 0.1) is 17.2 Å². The molecule has 0 saturated carbocycles. The fourth-order valence-electron chi connectivity index (χ4n) is 3.49. The summed E-state index contributed by atoms with van der Waals surface area (Å²) in [6.45, 7) is 1.85. The predicted octanol–water partition coefficient (Wildman–Crippen LogP) is 6.93. The van der Waals surface area contributed by atoms with Gasteiger partial charge in [-0.15, -0.1) is 23.1 Å². The molecule has 0 fully saturated rings. The highest BCUT2D eigenvalue weighted by molar-refractivity contribution is 8.00. The third kappa shape index (κ3) is 5.45. The Balaban J connectivity index is 1.18. The van der Waals surface area contributed by atoms with Gasteiger partial charge >= 0.3 is 0 Å². The molecule has 2 heterocycles. The molecule has 0 radical (unpaired) electrons. The van der Waals surface area contributed by atoms with Crippen LogP contribution in [0.3, 0.4) is 0 Å². The standard InChI is InChI=1S/C27H21N3O3S2/c1-17(35-22-12-10-21(11-13-22)28-26(32)24-7-4-14-33-24)25(31)30-27-29-23(16-34-27)20-9-8-18-5-2-3-6-19(18)15-20/h2-17H,1H3,(H,28,32)(H,29,30,31). The van der Waals surface area contributed by atoms with Crippen LogP contribution in [-0.2, 0) is 4.79 Å². The number of rotatable bonds is 7. The summed E-state index contributed by atoms with van der Waals surface area (Å²) in [6.07, 6.45) is 1.46. The highest BCUT2D eigenvalue weighted by atomic mass is 32.2. The molecule has 2 aromatic heterocycles. The minimum Gasteiger partial charge on any atom is -0.459 e. The Labute approximate surface area is 210 Å². The van der Waals surface area contributed by atoms with Gasteiger partial charge in [0.1, 0.15) is 0 Å². The molecule has 6 nitrogen and oxygen atoms in total. The number of hydrogen-bond acceptors (Lipinski definition) is 6. The molecule has 35 heavy (non-hydrogen) atoms. The largest absolute Gasteiger partial charge is 0.459 e. The van der Waals surface area contributed by atoms with E-state index in [2.05, 4.69) is 39.9 Å². The average Bonchev–Trinajstić information content (AvgIpc) is 3.58. The van der Waals surface area contributed by atoms with Gasteiger partial charge in [-0.25, -0.2) is 4.98 Å². The number of carbonyl (C=O) groups excluding carboxylic acids is 2. The molecule has 0 saturated heterocycles. The van der Waals surface area contributed by atoms with E-state index in [1.54, 1.807) is 24.3 Å². The van der Waals surface area contributed by atoms with Gasteiger partial charge in [-0.3, -0.25) is 9.59 Å². The van der Waals surface area contributed by atoms with E-state index < -0.39 is 0 Å². The first kappa shape index (κ1) is 22.9. The lowest BCUT2D eigenvalue weighted by molar-refractivity contribution is -0.115. The van der Waals surface area contributed by atoms with Crippen LogP contribution >= 0.6 is 23.1 Å². The molecule has 174 valence electrons. The molecule has 0 bridgehead atoms. The van der Waals surface area contributed by atoms with E-state index in [1.807, 2.05) is 42.6 Å². The van der Waals surface area contributed by atoms with Gasteiger partial charge < -0.3 is 15.1 Å². The molecule has 0 aliphatic rings. The normalized spacial score (nSPS) is 11.8. The number of nitrogens with zero attached hydrogens (tertiary/aromatic N) is 1. The molecule has 1 atom stereocenters. The van der Waals surface area contributed by atoms with Gasteiger partial charge in [0.2, 0.25) is 5.91 Å². The van der Waals surface area contributed by atoms with Gasteiger partial charge in [-0.2, -0.15) is 0 Å². The van der Waals surface area contributed by atoms with E-state index in [0.29, 0.717) is 10.8 Å². The fraction of sp³-hybridized carbons (Fsp3) is 0.0741. The Bertz CT molecular complexity index is 1480. The highest BCUT2D eigenvalue weighted by Crippen LogP contribution is 2.29. The maximum absolute atomic E-state index is 12.7. The first-order valence-corrected chi connectivity index (χ1v) is 12.7. The number of hydrogen-bond donors (Lipinski definition) is 2. The second kappa shape index (κ2) is 10.2. The van der Waals surface area contributed by atoms with Crippen LogP contribution in [0.2, 0.25) is 0 Å². The zero-order valence-corrected chi connectivity index (χ0v) is 20.4. The van der Waals surface area contributed by atoms with E-state index in [4.69, 9.17) is 4.42 Å². The Morgan fingerprint density at radius 1 is 0.943 bits per heavy atom. The summed E-state index contributed by atoms with van der Waals surface area (Å²) in [6, 6.07) is 25.0. The molecule has 5 aromatic rings. The lowest BCUT2D eigenvalue weighted by atomic mass is 10.1. The second-order valence-corrected chi connectivity index (χ2v) is 10.1. The van der Waals surface area contributed by atoms with Crippen LogP contribution in [0.5, 0.6) is 0 Å². The monoisotopic (exact) mass is 499 g/mol. The van der Waals surface area contributed by atoms with E-state index >= 15 is 0 Å². The average molecular weight is 500 g/mol. The molecule has 0 aliphatic carbocycles. The third-order valence-corrected chi connectivity index (χ3v) is 7.19. The number of amides is 2. The summed E-state index contributed by atoms with van der Waals surface area (Å²) in [5, 5.41) is 10.2. The summed E-state index contributed by atoms with van der Waals surface area (Å²) in [7, 11) is 0. The van der Waals surface area contributed by atoms with Crippen molar-refractivity contribution in [1.82, 2.24) is 4.98 Å². The first-order chi connectivity index (χ1) is 17.0. The van der Waals surface area contributed by atoms with Gasteiger partial charge in [0, 0.05) is 21.5 Å². The zero-order valence-electron chi connectivity index (χ0n) is 18.7. The molecule has 3 aromatic carbocycles. The van der Waals surface area contributed by atoms with Crippen LogP contribution < -0.4 is 10.6 Å². The number of furan rings is 1. The van der Waals surface area contributed by atoms with E-state index in [0.717, 1.165) is 21.5 Å². The number of thiazole rings is 1. The SMILES string of the molecule is CC(Sc1ccc(NC(=O)c2ccco2)cc1)C(=O)Nc1nc(-c2ccc3ccccc3c2)cs1. The van der Waals surface area contributed by atoms with Crippen LogP contribution in [-0.4, -0.2) is 22.0 Å². The summed E-state index contributed by atoms with van der Waals surface area (Å²) >= 11 is 2.84. The summed E-state index contributed by atoms with van der Waals surface area (Å²) in [5.41, 5.74) is 2.50. The van der Waals surface area contributed by atoms with Crippen LogP contribution in [0.15, 0.2) is 99.8 Å². The Morgan fingerprint density at radius 3 is 2.51 bits per heavy atom. The Hall–Kier alpha value is -3.88. The topological polar surface area (TPSA) is 84.2 Å². The van der Waals surface area contributed by atoms with Gasteiger partial charge in [0.15, 0.2) is 10.9 Å². The van der Waals surface area contributed by atoms with E-state index in [9.17, 15) is 9.59 Å². The smallest absolute Gasteiger partial charge is 0.291 e. The van der Waals surface area contributed by atoms with Crippen molar-refractivity contribution in [2.75, 3.05) is 10.6 Å². The van der Waals surface area contributed by atoms with Crippen molar-refractivity contribution >= 4 is 56.5 Å². The molecule has 2 N–H and O–H groups in total. The summed E-state index contributed by atoms with van der Waals surface area (Å²) in [5.74, 6) is -0.182. The summed E-state index contributed by atoms with van der Waals surface area (Å²) < 4.78 is 5.10. The van der Waals surface area contributed by atoms with E-state index in [1.165, 1.54) is 34.7 Å². The highest BCUT2D eigenvalue weighted by Gasteiger charge is 2.17. The second-order valence-electron chi connectivity index (χ2n) is 7.80. The lowest BCUT2D eigenvalue weighted by Crippen LogP contribution is -2.22. The minimum absolute atomic E-state index is 0.121. The number of nitrogens with one attached hydrogen (secondary N) is 2. The maximum Gasteiger partial charge on any atom is 0.291 e. The Morgan fingerprint density at radius 2 is 1.74 bits per heavy atom. The third-order valence-electron chi connectivity index (χ3n) is 5.32. The van der Waals surface area contributed by atoms with Crippen molar-refractivity contribution in [2.45, 2.75) is 17.1 Å². The summed E-state index contributed by atoms with van der Waals surface area (Å²) in [4.78, 5) is 30.4. The van der Waals surface area contributed by atoms with Gasteiger partial charge in [0.25, 0.3) is 5.91 Å². The molecule has 0 spiro atoms. The molecule has 2 amide bonds. The Kier molecular flexibility index (Phi) is 6.65. The molecule has 1 unspecified atom stereocenters. The first-order valence-electron chi connectivity index (χ1n) is 10.9. The molecule has 5 rings (SSSR count). The fourth-order valence-corrected chi connectivity index (χ4v) is 5.08. The van der Waals surface area contributed by atoms with Gasteiger partial charge in [-0.1, -0.05) is 36.4 Å². The zero-order chi connectivity index (χ0) is 24.2. The quantitative estimate of drug-likeness (QED) is 0.237. The van der Waals surface area contributed by atoms with Crippen LogP contribution in [0.1, 0.15) is 17.5 Å². The number of thioether (sulfide) groups is 1. The number of benzene rings is 3. The predicted molar refractivity (Wildman–Crippen MR) is 142 cm³/mol. The van der Waals surface area contributed by atoms with Gasteiger partial charge in [-0.05, 0) is 60.2 Å². The van der Waals surface area contributed by atoms with Crippen molar-refractivity contribution in [1.29, 1.82) is 0 Å². The number of anilines is 2. The van der Waals surface area contributed by atoms with Crippen molar-refractivity contribution in [3.8, 4) is 11.3 Å². The lowest BCUT2D eigenvalue weighted by Gasteiger charge is -2.11. The van der Waals surface area contributed by atoms with E-state index in [-0.39, 0.29) is 22.8 Å². The molecule has 0 aliphatic heterocycles. The molecule has 8 heteroatoms. The molecular weight excluding hydrogens is 478 g/mol. The number of carbonyl (C=O) groups is 2. The minimum atomic E-state index is -0.327. The number of aromatic nitrogens is 1. The van der Waals surface area contributed by atoms with Crippen LogP contribution in [0, 0.1) is 0 Å². The van der Waals surface area contributed by atoms with Crippen molar-refractivity contribution in [3.63, 3.8) is 0 Å². The van der Waals surface area contributed by atoms with Crippen LogP contribution in [0.25, 0.3) is 22.0 Å². The van der Waals surface area contributed by atoms with Crippen LogP contribution in [0.4, 0.5) is 10.8 Å². The van der Waals surface area contributed by atoms with Crippen molar-refractivity contribution < 1.29 is 14.0 Å². The van der Waals surface area contributed by atoms with Crippen molar-refractivity contribution in [3.05, 3.63) is 96.3 Å². The van der Waals surface area contributed by atoms with Crippen molar-refractivity contribution in [2.24, 2.45) is 0 Å². The number of fused-ring (bicyclic) bond motifs is 1. The molecular formula is C27H21N3O3S2. The maximum atomic E-state index is 12.7.